The van der Waals surface area contributed by atoms with Gasteiger partial charge in [0.1, 0.15) is 10.5 Å². The Hall–Kier alpha value is 0.314. The Morgan fingerprint density at radius 2 is 2.20 bits per heavy atom. The predicted molar refractivity (Wildman–Crippen MR) is 46.6 cm³/mol. The molecule has 3 nitrogen and oxygen atoms in total. The van der Waals surface area contributed by atoms with E-state index in [-0.39, 0.29) is 0 Å². The maximum Gasteiger partial charge on any atom is 0.293 e. The third kappa shape index (κ3) is 8.31. The van der Waals surface area contributed by atoms with Crippen molar-refractivity contribution in [3.8, 4) is 0 Å². The molecule has 0 aliphatic heterocycles. The van der Waals surface area contributed by atoms with Crippen molar-refractivity contribution in [2.45, 2.75) is 13.3 Å². The molecule has 0 spiro atoms. The number of rotatable bonds is 7. The smallest absolute Gasteiger partial charge is 0.293 e. The average molecular weight is 180 g/mol. The van der Waals surface area contributed by atoms with Gasteiger partial charge in [-0.05, 0) is 13.3 Å². The van der Waals surface area contributed by atoms with Gasteiger partial charge in [-0.2, -0.15) is 0 Å². The van der Waals surface area contributed by atoms with E-state index in [1.165, 1.54) is 0 Å². The van der Waals surface area contributed by atoms with Crippen LogP contribution in [0.5, 0.6) is 0 Å². The molecule has 0 unspecified atom stereocenters. The highest BCUT2D eigenvalue weighted by atomic mass is 28.3. The summed E-state index contributed by atoms with van der Waals surface area (Å²) in [6.45, 7) is 4.41. The summed E-state index contributed by atoms with van der Waals surface area (Å²) in [4.78, 5) is 0. The quantitative estimate of drug-likeness (QED) is 0.361. The zero-order chi connectivity index (χ0) is 7.66. The Bertz CT molecular complexity index is 54.9. The SMILES string of the molecule is CCOCCCO[SiH2]O[SiH3]. The summed E-state index contributed by atoms with van der Waals surface area (Å²) in [5.41, 5.74) is 0. The van der Waals surface area contributed by atoms with Crippen LogP contribution in [0.1, 0.15) is 13.3 Å². The minimum absolute atomic E-state index is 0.606. The summed E-state index contributed by atoms with van der Waals surface area (Å²) >= 11 is 0. The van der Waals surface area contributed by atoms with Gasteiger partial charge in [0.25, 0.3) is 10.0 Å². The largest absolute Gasteiger partial charge is 0.449 e. The second-order valence-corrected chi connectivity index (χ2v) is 4.82. The molecule has 0 aromatic heterocycles. The maximum absolute atomic E-state index is 5.20. The van der Waals surface area contributed by atoms with Gasteiger partial charge in [0.2, 0.25) is 0 Å². The van der Waals surface area contributed by atoms with Gasteiger partial charge in [-0.15, -0.1) is 0 Å². The number of ether oxygens (including phenoxy) is 1. The molecule has 5 heteroatoms. The van der Waals surface area contributed by atoms with Crippen LogP contribution in [-0.4, -0.2) is 40.3 Å². The van der Waals surface area contributed by atoms with Crippen LogP contribution in [0.25, 0.3) is 0 Å². The topological polar surface area (TPSA) is 27.7 Å². The van der Waals surface area contributed by atoms with Gasteiger partial charge in [0, 0.05) is 19.8 Å². The van der Waals surface area contributed by atoms with Crippen LogP contribution in [0, 0.1) is 0 Å². The van der Waals surface area contributed by atoms with E-state index in [0.717, 1.165) is 36.7 Å². The highest BCUT2D eigenvalue weighted by molar-refractivity contribution is 6.27. The number of hydrogen-bond donors (Lipinski definition) is 0. The Kier molecular flexibility index (Phi) is 9.61. The van der Waals surface area contributed by atoms with Crippen LogP contribution < -0.4 is 0 Å². The lowest BCUT2D eigenvalue weighted by Gasteiger charge is -2.01. The number of hydrogen-bond acceptors (Lipinski definition) is 3. The van der Waals surface area contributed by atoms with Crippen LogP contribution in [0.2, 0.25) is 0 Å². The molecule has 0 aliphatic carbocycles. The minimum Gasteiger partial charge on any atom is -0.449 e. The van der Waals surface area contributed by atoms with Crippen molar-refractivity contribution >= 4 is 20.5 Å². The lowest BCUT2D eigenvalue weighted by Crippen LogP contribution is -2.06. The van der Waals surface area contributed by atoms with Gasteiger partial charge >= 0.3 is 0 Å². The van der Waals surface area contributed by atoms with Crippen molar-refractivity contribution in [1.82, 2.24) is 0 Å². The summed E-state index contributed by atoms with van der Waals surface area (Å²) < 4.78 is 15.3. The fraction of sp³-hybridized carbons (Fsp3) is 1.00. The molecule has 0 aliphatic rings. The van der Waals surface area contributed by atoms with Crippen molar-refractivity contribution in [3.63, 3.8) is 0 Å². The fourth-order valence-electron chi connectivity index (χ4n) is 0.550. The first-order valence-electron chi connectivity index (χ1n) is 3.56. The molecule has 0 saturated heterocycles. The Labute approximate surface area is 67.7 Å². The van der Waals surface area contributed by atoms with Crippen LogP contribution in [0.4, 0.5) is 0 Å². The summed E-state index contributed by atoms with van der Waals surface area (Å²) in [5.74, 6) is 0. The Morgan fingerprint density at radius 1 is 1.40 bits per heavy atom. The van der Waals surface area contributed by atoms with Crippen molar-refractivity contribution in [1.29, 1.82) is 0 Å². The molecule has 0 radical (unpaired) electrons. The lowest BCUT2D eigenvalue weighted by molar-refractivity contribution is 0.129. The van der Waals surface area contributed by atoms with E-state index in [2.05, 4.69) is 0 Å². The molecule has 0 N–H and O–H groups in total. The zero-order valence-corrected chi connectivity index (χ0v) is 10.2. The van der Waals surface area contributed by atoms with Crippen LogP contribution in [0.15, 0.2) is 0 Å². The maximum atomic E-state index is 5.20. The van der Waals surface area contributed by atoms with E-state index in [0.29, 0.717) is 0 Å². The van der Waals surface area contributed by atoms with Gasteiger partial charge in [-0.25, -0.2) is 0 Å². The third-order valence-electron chi connectivity index (χ3n) is 0.983. The molecule has 0 fully saturated rings. The van der Waals surface area contributed by atoms with Crippen molar-refractivity contribution in [3.05, 3.63) is 0 Å². The molecule has 0 rings (SSSR count). The first kappa shape index (κ1) is 10.3. The minimum atomic E-state index is -0.606. The van der Waals surface area contributed by atoms with E-state index in [1.54, 1.807) is 0 Å². The average Bonchev–Trinajstić information content (AvgIpc) is 1.97. The summed E-state index contributed by atoms with van der Waals surface area (Å²) in [5, 5.41) is 0. The molecule has 0 saturated carbocycles. The van der Waals surface area contributed by atoms with Crippen LogP contribution >= 0.6 is 0 Å². The van der Waals surface area contributed by atoms with E-state index >= 15 is 0 Å². The molecule has 0 amide bonds. The standard InChI is InChI=1S/C5H16O3Si2/c1-2-6-4-3-5-7-10-8-9/h2-5,10H2,1,9H3. The molecular weight excluding hydrogens is 164 g/mol. The normalized spacial score (nSPS) is 11.7. The molecule has 0 aromatic rings. The zero-order valence-electron chi connectivity index (χ0n) is 6.76. The van der Waals surface area contributed by atoms with Gasteiger partial charge in [0.05, 0.1) is 0 Å². The van der Waals surface area contributed by atoms with Crippen molar-refractivity contribution in [2.75, 3.05) is 19.8 Å². The molecular formula is C5H16O3Si2. The van der Waals surface area contributed by atoms with Crippen LogP contribution in [-0.2, 0) is 13.3 Å². The monoisotopic (exact) mass is 180 g/mol. The van der Waals surface area contributed by atoms with E-state index in [9.17, 15) is 0 Å². The highest BCUT2D eigenvalue weighted by Crippen LogP contribution is 1.83. The molecule has 0 bridgehead atoms. The highest BCUT2D eigenvalue weighted by Gasteiger charge is 1.87. The van der Waals surface area contributed by atoms with Gasteiger partial charge in [0.15, 0.2) is 0 Å². The molecule has 10 heavy (non-hydrogen) atoms. The van der Waals surface area contributed by atoms with Gasteiger partial charge in [-0.3, -0.25) is 0 Å². The first-order valence-corrected chi connectivity index (χ1v) is 5.53. The molecule has 0 aromatic carbocycles. The fourth-order valence-corrected chi connectivity index (χ4v) is 1.54. The van der Waals surface area contributed by atoms with Crippen molar-refractivity contribution < 1.29 is 13.3 Å². The van der Waals surface area contributed by atoms with Crippen molar-refractivity contribution in [2.24, 2.45) is 0 Å². The summed E-state index contributed by atoms with van der Waals surface area (Å²) in [6.07, 6.45) is 0.992. The summed E-state index contributed by atoms with van der Waals surface area (Å²) in [6, 6.07) is 0. The molecule has 62 valence electrons. The van der Waals surface area contributed by atoms with Gasteiger partial charge < -0.3 is 13.3 Å². The molecule has 0 atom stereocenters. The Balaban J connectivity index is 2.65. The summed E-state index contributed by atoms with van der Waals surface area (Å²) in [7, 11) is 0.208. The molecule has 0 heterocycles. The van der Waals surface area contributed by atoms with E-state index in [4.69, 9.17) is 13.3 Å². The second kappa shape index (κ2) is 9.31. The predicted octanol–water partition coefficient (Wildman–Crippen LogP) is -1.27. The third-order valence-corrected chi connectivity index (χ3v) is 2.38. The van der Waals surface area contributed by atoms with E-state index < -0.39 is 10.0 Å². The Morgan fingerprint density at radius 3 is 2.80 bits per heavy atom. The van der Waals surface area contributed by atoms with Gasteiger partial charge in [-0.1, -0.05) is 0 Å². The van der Waals surface area contributed by atoms with Crippen LogP contribution in [0.3, 0.4) is 0 Å². The van der Waals surface area contributed by atoms with E-state index in [1.807, 2.05) is 6.92 Å². The second-order valence-electron chi connectivity index (χ2n) is 1.87. The first-order chi connectivity index (χ1) is 4.91. The lowest BCUT2D eigenvalue weighted by atomic mass is 10.5.